The molecule has 1 aliphatic heterocycles. The summed E-state index contributed by atoms with van der Waals surface area (Å²) in [4.78, 5) is 2.39. The summed E-state index contributed by atoms with van der Waals surface area (Å²) in [6.07, 6.45) is 0. The zero-order valence-electron chi connectivity index (χ0n) is 11.0. The maximum Gasteiger partial charge on any atom is 0.198 e. The first-order valence-electron chi connectivity index (χ1n) is 6.13. The molecule has 2 atom stereocenters. The molecule has 18 heavy (non-hydrogen) atoms. The van der Waals surface area contributed by atoms with Crippen LogP contribution in [0.4, 0.5) is 0 Å². The van der Waals surface area contributed by atoms with Gasteiger partial charge >= 0.3 is 0 Å². The van der Waals surface area contributed by atoms with Gasteiger partial charge in [-0.1, -0.05) is 6.92 Å². The minimum Gasteiger partial charge on any atom is -0.388 e. The number of rotatable bonds is 3. The Labute approximate surface area is 117 Å². The lowest BCUT2D eigenvalue weighted by Crippen LogP contribution is -2.45. The Morgan fingerprint density at radius 1 is 1.50 bits per heavy atom. The predicted octanol–water partition coefficient (Wildman–Crippen LogP) is 1.23. The predicted molar refractivity (Wildman–Crippen MR) is 76.0 cm³/mol. The number of nitrogens with zero attached hydrogens (tertiary/aromatic N) is 4. The Kier molecular flexibility index (Phi) is 4.47. The van der Waals surface area contributed by atoms with Gasteiger partial charge in [-0.25, -0.2) is 4.68 Å². The van der Waals surface area contributed by atoms with Crippen molar-refractivity contribution in [3.8, 4) is 0 Å². The molecule has 1 aromatic rings. The van der Waals surface area contributed by atoms with Gasteiger partial charge in [0.25, 0.3) is 0 Å². The molecule has 0 amide bonds. The van der Waals surface area contributed by atoms with Crippen molar-refractivity contribution < 1.29 is 5.11 Å². The summed E-state index contributed by atoms with van der Waals surface area (Å²) >= 11 is 7.35. The number of aliphatic hydroxyl groups is 1. The monoisotopic (exact) mass is 288 g/mol. The molecule has 1 saturated heterocycles. The van der Waals surface area contributed by atoms with Crippen molar-refractivity contribution in [3.63, 3.8) is 0 Å². The molecule has 0 aromatic carbocycles. The van der Waals surface area contributed by atoms with E-state index in [0.717, 1.165) is 12.3 Å². The third kappa shape index (κ3) is 2.64. The highest BCUT2D eigenvalue weighted by molar-refractivity contribution is 8.00. The summed E-state index contributed by atoms with van der Waals surface area (Å²) in [5.74, 6) is 1.77. The zero-order chi connectivity index (χ0) is 13.3. The molecule has 0 bridgehead atoms. The molecule has 2 heterocycles. The highest BCUT2D eigenvalue weighted by atomic mass is 32.2. The van der Waals surface area contributed by atoms with E-state index >= 15 is 0 Å². The number of hydrogen-bond acceptors (Lipinski definition) is 5. The van der Waals surface area contributed by atoms with Gasteiger partial charge in [-0.15, -0.1) is 0 Å². The average Bonchev–Trinajstić information content (AvgIpc) is 2.63. The van der Waals surface area contributed by atoms with Crippen LogP contribution in [0.2, 0.25) is 0 Å². The van der Waals surface area contributed by atoms with E-state index in [1.807, 2.05) is 18.8 Å². The van der Waals surface area contributed by atoms with Crippen LogP contribution in [-0.2, 0) is 20.3 Å². The van der Waals surface area contributed by atoms with Crippen molar-refractivity contribution in [2.45, 2.75) is 38.4 Å². The largest absolute Gasteiger partial charge is 0.388 e. The minimum absolute atomic E-state index is 0.0745. The maximum atomic E-state index is 9.20. The van der Waals surface area contributed by atoms with Crippen LogP contribution in [0.15, 0.2) is 0 Å². The van der Waals surface area contributed by atoms with E-state index in [0.29, 0.717) is 28.6 Å². The third-order valence-corrected chi connectivity index (χ3v) is 5.43. The van der Waals surface area contributed by atoms with E-state index in [1.54, 1.807) is 9.25 Å². The SMILES string of the molecule is CC1SCCN(Cn2nc(CO)n(C)c2=S)C1C. The molecular weight excluding hydrogens is 268 g/mol. The molecule has 2 rings (SSSR count). The first kappa shape index (κ1) is 14.0. The van der Waals surface area contributed by atoms with Crippen LogP contribution in [0.1, 0.15) is 19.7 Å². The molecular formula is C11H20N4OS2. The summed E-state index contributed by atoms with van der Waals surface area (Å²) in [6, 6.07) is 0.519. The van der Waals surface area contributed by atoms with Gasteiger partial charge < -0.3 is 9.67 Å². The summed E-state index contributed by atoms with van der Waals surface area (Å²) in [5.41, 5.74) is 0. The molecule has 1 aliphatic rings. The molecule has 1 N–H and O–H groups in total. The summed E-state index contributed by atoms with van der Waals surface area (Å²) in [6.45, 7) is 6.20. The van der Waals surface area contributed by atoms with E-state index in [4.69, 9.17) is 12.2 Å². The summed E-state index contributed by atoms with van der Waals surface area (Å²) in [5, 5.41) is 14.2. The van der Waals surface area contributed by atoms with Gasteiger partial charge in [0.2, 0.25) is 0 Å². The van der Waals surface area contributed by atoms with Crippen molar-refractivity contribution in [1.29, 1.82) is 0 Å². The van der Waals surface area contributed by atoms with Gasteiger partial charge in [-0.2, -0.15) is 16.9 Å². The van der Waals surface area contributed by atoms with Crippen molar-refractivity contribution in [1.82, 2.24) is 19.2 Å². The molecule has 0 radical (unpaired) electrons. The lowest BCUT2D eigenvalue weighted by molar-refractivity contribution is 0.155. The van der Waals surface area contributed by atoms with Gasteiger partial charge in [0.15, 0.2) is 10.6 Å². The number of aliphatic hydroxyl groups excluding tert-OH is 1. The molecule has 1 fully saturated rings. The van der Waals surface area contributed by atoms with Crippen molar-refractivity contribution in [2.75, 3.05) is 12.3 Å². The normalized spacial score (nSPS) is 25.6. The second-order valence-electron chi connectivity index (χ2n) is 4.69. The summed E-state index contributed by atoms with van der Waals surface area (Å²) in [7, 11) is 1.84. The average molecular weight is 288 g/mol. The zero-order valence-corrected chi connectivity index (χ0v) is 12.7. The second-order valence-corrected chi connectivity index (χ2v) is 6.54. The maximum absolute atomic E-state index is 9.20. The lowest BCUT2D eigenvalue weighted by atomic mass is 10.2. The van der Waals surface area contributed by atoms with Gasteiger partial charge in [-0.05, 0) is 19.1 Å². The Balaban J connectivity index is 2.16. The fourth-order valence-corrected chi connectivity index (χ4v) is 3.50. The quantitative estimate of drug-likeness (QED) is 0.848. The van der Waals surface area contributed by atoms with Gasteiger partial charge in [0.05, 0.1) is 6.67 Å². The second kappa shape index (κ2) is 5.73. The fraction of sp³-hybridized carbons (Fsp3) is 0.818. The standard InChI is InChI=1S/C11H20N4OS2/c1-8-9(2)18-5-4-14(8)7-15-11(17)13(3)10(6-16)12-15/h8-9,16H,4-7H2,1-3H3. The van der Waals surface area contributed by atoms with E-state index in [9.17, 15) is 5.11 Å². The first-order valence-corrected chi connectivity index (χ1v) is 7.59. The van der Waals surface area contributed by atoms with E-state index < -0.39 is 0 Å². The van der Waals surface area contributed by atoms with Crippen molar-refractivity contribution in [3.05, 3.63) is 10.6 Å². The minimum atomic E-state index is -0.0745. The molecule has 2 unspecified atom stereocenters. The van der Waals surface area contributed by atoms with E-state index in [-0.39, 0.29) is 6.61 Å². The van der Waals surface area contributed by atoms with Crippen LogP contribution in [0.5, 0.6) is 0 Å². The molecule has 1 aromatic heterocycles. The van der Waals surface area contributed by atoms with Crippen LogP contribution >= 0.6 is 24.0 Å². The van der Waals surface area contributed by atoms with Crippen LogP contribution in [0, 0.1) is 4.77 Å². The van der Waals surface area contributed by atoms with Crippen molar-refractivity contribution >= 4 is 24.0 Å². The molecule has 5 nitrogen and oxygen atoms in total. The Hall–Kier alpha value is -0.370. The molecule has 0 saturated carbocycles. The number of aromatic nitrogens is 3. The van der Waals surface area contributed by atoms with Crippen LogP contribution in [0.25, 0.3) is 0 Å². The third-order valence-electron chi connectivity index (χ3n) is 3.60. The number of hydrogen-bond donors (Lipinski definition) is 1. The highest BCUT2D eigenvalue weighted by Crippen LogP contribution is 2.24. The van der Waals surface area contributed by atoms with Gasteiger partial charge in [-0.3, -0.25) is 4.90 Å². The number of thioether (sulfide) groups is 1. The fourth-order valence-electron chi connectivity index (χ4n) is 2.13. The lowest BCUT2D eigenvalue weighted by Gasteiger charge is -2.37. The molecule has 7 heteroatoms. The molecule has 0 spiro atoms. The van der Waals surface area contributed by atoms with Gasteiger partial charge in [0, 0.05) is 30.6 Å². The van der Waals surface area contributed by atoms with Gasteiger partial charge in [0.1, 0.15) is 6.61 Å². The van der Waals surface area contributed by atoms with Crippen LogP contribution < -0.4 is 0 Å². The van der Waals surface area contributed by atoms with Crippen molar-refractivity contribution in [2.24, 2.45) is 7.05 Å². The van der Waals surface area contributed by atoms with Crippen LogP contribution in [-0.4, -0.2) is 47.9 Å². The molecule has 0 aliphatic carbocycles. The molecule has 102 valence electrons. The Bertz CT molecular complexity index is 470. The Morgan fingerprint density at radius 3 is 2.83 bits per heavy atom. The highest BCUT2D eigenvalue weighted by Gasteiger charge is 2.25. The van der Waals surface area contributed by atoms with E-state index in [1.165, 1.54) is 0 Å². The smallest absolute Gasteiger partial charge is 0.198 e. The van der Waals surface area contributed by atoms with E-state index in [2.05, 4.69) is 23.8 Å². The summed E-state index contributed by atoms with van der Waals surface area (Å²) < 4.78 is 4.24. The Morgan fingerprint density at radius 2 is 2.22 bits per heavy atom. The first-order chi connectivity index (χ1) is 8.54. The van der Waals surface area contributed by atoms with Crippen LogP contribution in [0.3, 0.4) is 0 Å². The topological polar surface area (TPSA) is 46.2 Å².